The van der Waals surface area contributed by atoms with Crippen molar-refractivity contribution in [2.75, 3.05) is 45.3 Å². The molecule has 0 saturated heterocycles. The fourth-order valence-corrected chi connectivity index (χ4v) is 3.47. The summed E-state index contributed by atoms with van der Waals surface area (Å²) in [6.07, 6.45) is 2.09. The highest BCUT2D eigenvalue weighted by Gasteiger charge is 2.26. The van der Waals surface area contributed by atoms with Gasteiger partial charge in [0.05, 0.1) is 4.70 Å². The fourth-order valence-electron chi connectivity index (χ4n) is 2.46. The van der Waals surface area contributed by atoms with Crippen molar-refractivity contribution in [1.82, 2.24) is 9.88 Å². The number of carbonyl (C=O) groups excluding carboxylic acids is 1. The van der Waals surface area contributed by atoms with Gasteiger partial charge < -0.3 is 14.4 Å². The van der Waals surface area contributed by atoms with E-state index in [1.54, 1.807) is 12.1 Å². The molecule has 1 aliphatic rings. The van der Waals surface area contributed by atoms with Crippen LogP contribution in [-0.4, -0.2) is 56.2 Å². The Hall–Kier alpha value is -2.19. The fraction of sp³-hybridized carbons (Fsp3) is 0.412. The van der Waals surface area contributed by atoms with Crippen LogP contribution in [0.25, 0.3) is 10.2 Å². The van der Waals surface area contributed by atoms with Crippen LogP contribution in [0.5, 0.6) is 0 Å². The number of nitrogens with zero attached hydrogens (tertiary/aromatic N) is 3. The molecule has 1 amide bonds. The van der Waals surface area contributed by atoms with E-state index in [0.717, 1.165) is 13.0 Å². The first-order valence-corrected chi connectivity index (χ1v) is 8.84. The van der Waals surface area contributed by atoms with Crippen LogP contribution in [0.15, 0.2) is 30.2 Å². The van der Waals surface area contributed by atoms with Gasteiger partial charge in [-0.1, -0.05) is 17.4 Å². The van der Waals surface area contributed by atoms with Gasteiger partial charge in [-0.25, -0.2) is 9.37 Å². The molecule has 25 heavy (non-hydrogen) atoms. The van der Waals surface area contributed by atoms with Crippen molar-refractivity contribution in [3.63, 3.8) is 0 Å². The van der Waals surface area contributed by atoms with E-state index in [9.17, 15) is 9.18 Å². The van der Waals surface area contributed by atoms with Gasteiger partial charge in [-0.2, -0.15) is 0 Å². The number of anilines is 1. The van der Waals surface area contributed by atoms with E-state index in [4.69, 9.17) is 9.47 Å². The molecule has 0 radical (unpaired) electrons. The lowest BCUT2D eigenvalue weighted by Crippen LogP contribution is -2.36. The zero-order chi connectivity index (χ0) is 17.8. The maximum absolute atomic E-state index is 14.0. The van der Waals surface area contributed by atoms with Gasteiger partial charge in [0.25, 0.3) is 5.91 Å². The summed E-state index contributed by atoms with van der Waals surface area (Å²) in [6.45, 7) is 2.03. The Balaban J connectivity index is 1.89. The molecule has 0 saturated carbocycles. The molecular formula is C17H20FN3O3S. The van der Waals surface area contributed by atoms with Crippen LogP contribution in [0.2, 0.25) is 0 Å². The zero-order valence-corrected chi connectivity index (χ0v) is 15.0. The predicted molar refractivity (Wildman–Crippen MR) is 95.1 cm³/mol. The van der Waals surface area contributed by atoms with Gasteiger partial charge in [0.2, 0.25) is 5.76 Å². The Bertz CT molecular complexity index is 791. The molecule has 0 unspecified atom stereocenters. The standard InChI is InChI=1S/C17H20FN3O3S/c1-20(2)7-4-8-21(16(22)13-11-23-9-10-24-13)17-19-15-12(18)5-3-6-14(15)25-17/h3,5-6,11H,4,7-10H2,1-2H3. The highest BCUT2D eigenvalue weighted by atomic mass is 32.1. The number of hydrogen-bond acceptors (Lipinski definition) is 6. The summed E-state index contributed by atoms with van der Waals surface area (Å²) < 4.78 is 25.3. The molecule has 0 aliphatic carbocycles. The highest BCUT2D eigenvalue weighted by molar-refractivity contribution is 7.22. The molecule has 2 aromatic rings. The Morgan fingerprint density at radius 3 is 2.84 bits per heavy atom. The van der Waals surface area contributed by atoms with E-state index in [2.05, 4.69) is 4.98 Å². The summed E-state index contributed by atoms with van der Waals surface area (Å²) >= 11 is 1.29. The molecular weight excluding hydrogens is 345 g/mol. The average molecular weight is 365 g/mol. The van der Waals surface area contributed by atoms with Gasteiger partial charge in [0.1, 0.15) is 30.8 Å². The second-order valence-corrected chi connectivity index (χ2v) is 6.91. The number of thiazole rings is 1. The van der Waals surface area contributed by atoms with E-state index in [1.165, 1.54) is 28.6 Å². The number of ether oxygens (including phenoxy) is 2. The quantitative estimate of drug-likeness (QED) is 0.788. The second-order valence-electron chi connectivity index (χ2n) is 5.90. The number of fused-ring (bicyclic) bond motifs is 1. The van der Waals surface area contributed by atoms with Crippen LogP contribution in [0.3, 0.4) is 0 Å². The van der Waals surface area contributed by atoms with Crippen LogP contribution in [0, 0.1) is 5.82 Å². The first-order valence-electron chi connectivity index (χ1n) is 8.02. The highest BCUT2D eigenvalue weighted by Crippen LogP contribution is 2.31. The van der Waals surface area contributed by atoms with Crippen LogP contribution >= 0.6 is 11.3 Å². The summed E-state index contributed by atoms with van der Waals surface area (Å²) in [7, 11) is 3.94. The lowest BCUT2D eigenvalue weighted by atomic mass is 10.3. The second kappa shape index (κ2) is 7.79. The van der Waals surface area contributed by atoms with Crippen molar-refractivity contribution in [2.45, 2.75) is 6.42 Å². The largest absolute Gasteiger partial charge is 0.494 e. The number of halogens is 1. The SMILES string of the molecule is CN(C)CCCN(C(=O)C1=COCCO1)c1nc2c(F)cccc2s1. The van der Waals surface area contributed by atoms with Crippen molar-refractivity contribution in [2.24, 2.45) is 0 Å². The van der Waals surface area contributed by atoms with Gasteiger partial charge >= 0.3 is 0 Å². The van der Waals surface area contributed by atoms with E-state index in [1.807, 2.05) is 19.0 Å². The van der Waals surface area contributed by atoms with E-state index < -0.39 is 5.82 Å². The Labute approximate surface area is 149 Å². The predicted octanol–water partition coefficient (Wildman–Crippen LogP) is 2.61. The molecule has 0 atom stereocenters. The van der Waals surface area contributed by atoms with Gasteiger partial charge in [-0.3, -0.25) is 9.69 Å². The molecule has 8 heteroatoms. The molecule has 2 heterocycles. The first-order chi connectivity index (χ1) is 12.1. The van der Waals surface area contributed by atoms with Gasteiger partial charge in [-0.15, -0.1) is 0 Å². The third kappa shape index (κ3) is 4.08. The summed E-state index contributed by atoms with van der Waals surface area (Å²) in [5.41, 5.74) is 0.280. The first kappa shape index (κ1) is 17.6. The molecule has 134 valence electrons. The summed E-state index contributed by atoms with van der Waals surface area (Å²) in [6, 6.07) is 4.80. The third-order valence-corrected chi connectivity index (χ3v) is 4.73. The average Bonchev–Trinajstić information content (AvgIpc) is 3.04. The molecule has 0 spiro atoms. The minimum absolute atomic E-state index is 0.149. The lowest BCUT2D eigenvalue weighted by Gasteiger charge is -2.23. The van der Waals surface area contributed by atoms with E-state index in [0.29, 0.717) is 29.6 Å². The number of benzene rings is 1. The number of para-hydroxylation sites is 1. The van der Waals surface area contributed by atoms with Gasteiger partial charge in [0, 0.05) is 6.54 Å². The molecule has 1 aliphatic heterocycles. The van der Waals surface area contributed by atoms with Crippen molar-refractivity contribution < 1.29 is 18.7 Å². The normalized spacial score (nSPS) is 14.2. The molecule has 1 aromatic carbocycles. The number of carbonyl (C=O) groups is 1. The topological polar surface area (TPSA) is 54.9 Å². The Morgan fingerprint density at radius 1 is 1.32 bits per heavy atom. The number of aromatic nitrogens is 1. The van der Waals surface area contributed by atoms with Crippen LogP contribution in [0.4, 0.5) is 9.52 Å². The minimum Gasteiger partial charge on any atom is -0.494 e. The van der Waals surface area contributed by atoms with Crippen molar-refractivity contribution in [3.05, 3.63) is 36.0 Å². The van der Waals surface area contributed by atoms with Crippen LogP contribution < -0.4 is 4.90 Å². The lowest BCUT2D eigenvalue weighted by molar-refractivity contribution is -0.119. The van der Waals surface area contributed by atoms with Crippen molar-refractivity contribution in [1.29, 1.82) is 0 Å². The van der Waals surface area contributed by atoms with Crippen molar-refractivity contribution in [3.8, 4) is 0 Å². The molecule has 0 N–H and O–H groups in total. The van der Waals surface area contributed by atoms with Gasteiger partial charge in [0.15, 0.2) is 5.13 Å². The summed E-state index contributed by atoms with van der Waals surface area (Å²) in [5.74, 6) is -0.564. The maximum atomic E-state index is 14.0. The van der Waals surface area contributed by atoms with E-state index >= 15 is 0 Å². The number of rotatable bonds is 6. The Morgan fingerprint density at radius 2 is 2.16 bits per heavy atom. The third-order valence-electron chi connectivity index (χ3n) is 3.68. The minimum atomic E-state index is -0.392. The Kier molecular flexibility index (Phi) is 5.50. The van der Waals surface area contributed by atoms with Crippen LogP contribution in [0.1, 0.15) is 6.42 Å². The van der Waals surface area contributed by atoms with E-state index in [-0.39, 0.29) is 17.2 Å². The zero-order valence-electron chi connectivity index (χ0n) is 14.2. The van der Waals surface area contributed by atoms with Crippen LogP contribution in [-0.2, 0) is 14.3 Å². The molecule has 0 bridgehead atoms. The number of hydrogen-bond donors (Lipinski definition) is 0. The molecule has 6 nitrogen and oxygen atoms in total. The summed E-state index contributed by atoms with van der Waals surface area (Å²) in [5, 5.41) is 0.457. The monoisotopic (exact) mass is 365 g/mol. The molecule has 0 fully saturated rings. The molecule has 3 rings (SSSR count). The smallest absolute Gasteiger partial charge is 0.298 e. The maximum Gasteiger partial charge on any atom is 0.298 e. The van der Waals surface area contributed by atoms with Gasteiger partial charge in [-0.05, 0) is 39.2 Å². The summed E-state index contributed by atoms with van der Waals surface area (Å²) in [4.78, 5) is 20.8. The van der Waals surface area contributed by atoms with Crippen molar-refractivity contribution >= 4 is 32.6 Å². The molecule has 1 aromatic heterocycles. The number of amides is 1.